The SMILES string of the molecule is CC(C)C(C)NC(=O)C1CCN(c2ccc(C(F)(F)F)nn2)CC1. The lowest BCUT2D eigenvalue weighted by molar-refractivity contribution is -0.141. The Bertz CT molecular complexity index is 551. The second kappa shape index (κ2) is 7.36. The van der Waals surface area contributed by atoms with Crippen molar-refractivity contribution in [3.8, 4) is 0 Å². The van der Waals surface area contributed by atoms with E-state index < -0.39 is 11.9 Å². The molecule has 1 aromatic rings. The first-order valence-corrected chi connectivity index (χ1v) is 8.14. The number of anilines is 1. The maximum Gasteiger partial charge on any atom is 0.435 e. The minimum absolute atomic E-state index is 0.0503. The number of piperidine rings is 1. The van der Waals surface area contributed by atoms with Gasteiger partial charge in [0.2, 0.25) is 5.91 Å². The van der Waals surface area contributed by atoms with E-state index in [9.17, 15) is 18.0 Å². The van der Waals surface area contributed by atoms with Gasteiger partial charge in [-0.2, -0.15) is 13.2 Å². The molecule has 134 valence electrons. The molecule has 0 spiro atoms. The van der Waals surface area contributed by atoms with Gasteiger partial charge in [0.15, 0.2) is 11.5 Å². The minimum Gasteiger partial charge on any atom is -0.355 e. The van der Waals surface area contributed by atoms with Crippen LogP contribution in [0, 0.1) is 11.8 Å². The van der Waals surface area contributed by atoms with Crippen molar-refractivity contribution >= 4 is 11.7 Å². The van der Waals surface area contributed by atoms with Crippen LogP contribution in [-0.2, 0) is 11.0 Å². The van der Waals surface area contributed by atoms with Gasteiger partial charge < -0.3 is 10.2 Å². The zero-order valence-corrected chi connectivity index (χ0v) is 14.1. The Morgan fingerprint density at radius 3 is 2.29 bits per heavy atom. The number of alkyl halides is 3. The minimum atomic E-state index is -4.48. The molecule has 0 bridgehead atoms. The first-order chi connectivity index (χ1) is 11.2. The molecule has 1 aromatic heterocycles. The molecule has 2 rings (SSSR count). The number of hydrogen-bond donors (Lipinski definition) is 1. The number of carbonyl (C=O) groups is 1. The molecule has 1 saturated heterocycles. The van der Waals surface area contributed by atoms with E-state index >= 15 is 0 Å². The van der Waals surface area contributed by atoms with Crippen molar-refractivity contribution in [3.63, 3.8) is 0 Å². The number of amides is 1. The average molecular weight is 344 g/mol. The summed E-state index contributed by atoms with van der Waals surface area (Å²) in [4.78, 5) is 14.1. The van der Waals surface area contributed by atoms with Crippen LogP contribution in [0.4, 0.5) is 19.0 Å². The second-order valence-electron chi connectivity index (χ2n) is 6.58. The van der Waals surface area contributed by atoms with Gasteiger partial charge in [-0.15, -0.1) is 10.2 Å². The first-order valence-electron chi connectivity index (χ1n) is 8.14. The molecular formula is C16H23F3N4O. The lowest BCUT2D eigenvalue weighted by Crippen LogP contribution is -2.44. The van der Waals surface area contributed by atoms with Crippen LogP contribution in [0.2, 0.25) is 0 Å². The Labute approximate surface area is 139 Å². The van der Waals surface area contributed by atoms with E-state index in [4.69, 9.17) is 0 Å². The number of carbonyl (C=O) groups excluding carboxylic acids is 1. The van der Waals surface area contributed by atoms with Gasteiger partial charge in [0, 0.05) is 25.0 Å². The van der Waals surface area contributed by atoms with Crippen LogP contribution < -0.4 is 10.2 Å². The molecule has 0 radical (unpaired) electrons. The van der Waals surface area contributed by atoms with Crippen molar-refractivity contribution in [2.45, 2.75) is 45.8 Å². The second-order valence-corrected chi connectivity index (χ2v) is 6.58. The molecule has 5 nitrogen and oxygen atoms in total. The van der Waals surface area contributed by atoms with Gasteiger partial charge in [-0.25, -0.2) is 0 Å². The maximum absolute atomic E-state index is 12.5. The number of rotatable bonds is 4. The molecule has 2 heterocycles. The molecule has 1 atom stereocenters. The lowest BCUT2D eigenvalue weighted by Gasteiger charge is -2.32. The van der Waals surface area contributed by atoms with Crippen LogP contribution in [-0.4, -0.2) is 35.2 Å². The summed E-state index contributed by atoms with van der Waals surface area (Å²) >= 11 is 0. The van der Waals surface area contributed by atoms with Crippen molar-refractivity contribution in [2.75, 3.05) is 18.0 Å². The Kier molecular flexibility index (Phi) is 5.66. The van der Waals surface area contributed by atoms with Gasteiger partial charge in [-0.05, 0) is 37.8 Å². The molecule has 8 heteroatoms. The van der Waals surface area contributed by atoms with Gasteiger partial charge in [-0.3, -0.25) is 4.79 Å². The highest BCUT2D eigenvalue weighted by Crippen LogP contribution is 2.28. The summed E-state index contributed by atoms with van der Waals surface area (Å²) in [5, 5.41) is 9.93. The van der Waals surface area contributed by atoms with Gasteiger partial charge in [0.25, 0.3) is 0 Å². The Morgan fingerprint density at radius 2 is 1.83 bits per heavy atom. The topological polar surface area (TPSA) is 58.1 Å². The normalized spacial score (nSPS) is 17.9. The van der Waals surface area contributed by atoms with Crippen molar-refractivity contribution in [1.29, 1.82) is 0 Å². The van der Waals surface area contributed by atoms with E-state index in [2.05, 4.69) is 29.4 Å². The standard InChI is InChI=1S/C16H23F3N4O/c1-10(2)11(3)20-15(24)12-6-8-23(9-7-12)14-5-4-13(21-22-14)16(17,18)19/h4-5,10-12H,6-9H2,1-3H3,(H,20,24). The van der Waals surface area contributed by atoms with Gasteiger partial charge in [-0.1, -0.05) is 13.8 Å². The third kappa shape index (κ3) is 4.58. The highest BCUT2D eigenvalue weighted by atomic mass is 19.4. The molecule has 1 unspecified atom stereocenters. The smallest absolute Gasteiger partial charge is 0.355 e. The fourth-order valence-corrected chi connectivity index (χ4v) is 2.52. The molecule has 1 aliphatic heterocycles. The fourth-order valence-electron chi connectivity index (χ4n) is 2.52. The third-order valence-electron chi connectivity index (χ3n) is 4.50. The van der Waals surface area contributed by atoms with E-state index in [0.717, 1.165) is 6.07 Å². The molecule has 0 aromatic carbocycles. The molecule has 0 aliphatic carbocycles. The number of nitrogens with one attached hydrogen (secondary N) is 1. The summed E-state index contributed by atoms with van der Waals surface area (Å²) < 4.78 is 37.5. The predicted octanol–water partition coefficient (Wildman–Crippen LogP) is 2.87. The molecular weight excluding hydrogens is 321 g/mol. The number of halogens is 3. The average Bonchev–Trinajstić information content (AvgIpc) is 2.54. The summed E-state index contributed by atoms with van der Waals surface area (Å²) in [5.74, 6) is 0.771. The highest BCUT2D eigenvalue weighted by molar-refractivity contribution is 5.79. The molecule has 0 saturated carbocycles. The zero-order chi connectivity index (χ0) is 17.9. The van der Waals surface area contributed by atoms with Crippen LogP contribution in [0.5, 0.6) is 0 Å². The van der Waals surface area contributed by atoms with Crippen LogP contribution in [0.3, 0.4) is 0 Å². The van der Waals surface area contributed by atoms with Crippen molar-refractivity contribution < 1.29 is 18.0 Å². The highest BCUT2D eigenvalue weighted by Gasteiger charge is 2.33. The van der Waals surface area contributed by atoms with Crippen LogP contribution in [0.1, 0.15) is 39.3 Å². The lowest BCUT2D eigenvalue weighted by atomic mass is 9.95. The van der Waals surface area contributed by atoms with E-state index in [-0.39, 0.29) is 17.9 Å². The largest absolute Gasteiger partial charge is 0.435 e. The molecule has 1 aliphatic rings. The van der Waals surface area contributed by atoms with Gasteiger partial charge >= 0.3 is 6.18 Å². The molecule has 1 N–H and O–H groups in total. The van der Waals surface area contributed by atoms with Crippen molar-refractivity contribution in [2.24, 2.45) is 11.8 Å². The van der Waals surface area contributed by atoms with Crippen LogP contribution >= 0.6 is 0 Å². The van der Waals surface area contributed by atoms with E-state index in [1.165, 1.54) is 6.07 Å². The number of nitrogens with zero attached hydrogens (tertiary/aromatic N) is 3. The Balaban J connectivity index is 1.89. The quantitative estimate of drug-likeness (QED) is 0.912. The summed E-state index contributed by atoms with van der Waals surface area (Å²) in [7, 11) is 0. The molecule has 1 fully saturated rings. The van der Waals surface area contributed by atoms with E-state index in [1.807, 2.05) is 11.8 Å². The summed E-state index contributed by atoms with van der Waals surface area (Å²) in [6.07, 6.45) is -3.18. The van der Waals surface area contributed by atoms with Gasteiger partial charge in [0.05, 0.1) is 0 Å². The fraction of sp³-hybridized carbons (Fsp3) is 0.688. The molecule has 24 heavy (non-hydrogen) atoms. The Hall–Kier alpha value is -1.86. The first kappa shape index (κ1) is 18.5. The van der Waals surface area contributed by atoms with Gasteiger partial charge in [0.1, 0.15) is 0 Å². The third-order valence-corrected chi connectivity index (χ3v) is 4.50. The van der Waals surface area contributed by atoms with Crippen molar-refractivity contribution in [3.05, 3.63) is 17.8 Å². The number of hydrogen-bond acceptors (Lipinski definition) is 4. The summed E-state index contributed by atoms with van der Waals surface area (Å²) in [5.41, 5.74) is -0.997. The maximum atomic E-state index is 12.5. The molecule has 1 amide bonds. The van der Waals surface area contributed by atoms with Crippen molar-refractivity contribution in [1.82, 2.24) is 15.5 Å². The Morgan fingerprint density at radius 1 is 1.21 bits per heavy atom. The van der Waals surface area contributed by atoms with E-state index in [0.29, 0.717) is 37.7 Å². The monoisotopic (exact) mass is 344 g/mol. The summed E-state index contributed by atoms with van der Waals surface area (Å²) in [6.45, 7) is 7.24. The predicted molar refractivity (Wildman–Crippen MR) is 84.4 cm³/mol. The van der Waals surface area contributed by atoms with E-state index in [1.54, 1.807) is 0 Å². The summed E-state index contributed by atoms with van der Waals surface area (Å²) in [6, 6.07) is 2.39. The zero-order valence-electron chi connectivity index (χ0n) is 14.1. The van der Waals surface area contributed by atoms with Crippen LogP contribution in [0.25, 0.3) is 0 Å². The number of aromatic nitrogens is 2. The van der Waals surface area contributed by atoms with Crippen LogP contribution in [0.15, 0.2) is 12.1 Å².